The van der Waals surface area contributed by atoms with Gasteiger partial charge in [-0.3, -0.25) is 0 Å². The van der Waals surface area contributed by atoms with Crippen LogP contribution in [0.5, 0.6) is 5.88 Å². The molecule has 7 heteroatoms. The summed E-state index contributed by atoms with van der Waals surface area (Å²) in [4.78, 5) is 4.47. The maximum atomic E-state index is 10.7. The molecular weight excluding hydrogens is 352 g/mol. The Morgan fingerprint density at radius 1 is 1.04 bits per heavy atom. The van der Waals surface area contributed by atoms with Crippen LogP contribution in [-0.2, 0) is 0 Å². The van der Waals surface area contributed by atoms with Gasteiger partial charge in [-0.2, -0.15) is 11.8 Å². The van der Waals surface area contributed by atoms with Gasteiger partial charge in [0.1, 0.15) is 0 Å². The van der Waals surface area contributed by atoms with Gasteiger partial charge in [0.05, 0.1) is 21.8 Å². The summed E-state index contributed by atoms with van der Waals surface area (Å²) in [6.45, 7) is 0. The molecule has 5 nitrogen and oxygen atoms in total. The highest BCUT2D eigenvalue weighted by Crippen LogP contribution is 2.45. The normalized spacial score (nSPS) is 15.4. The van der Waals surface area contributed by atoms with E-state index in [4.69, 9.17) is 0 Å². The number of thiazole rings is 1. The lowest BCUT2D eigenvalue weighted by molar-refractivity contribution is 0.406. The number of hydrogen-bond acceptors (Lipinski definition) is 6. The lowest BCUT2D eigenvalue weighted by Crippen LogP contribution is -2.22. The van der Waals surface area contributed by atoms with E-state index in [2.05, 4.69) is 15.2 Å². The van der Waals surface area contributed by atoms with Gasteiger partial charge < -0.3 is 9.67 Å². The largest absolute Gasteiger partial charge is 0.493 e. The SMILES string of the molecule is Oc1c(N=Nc2nc3ccccc3s2)c2ccccc2n1C1CSC1. The summed E-state index contributed by atoms with van der Waals surface area (Å²) in [6, 6.07) is 16.2. The monoisotopic (exact) mass is 366 g/mol. The zero-order valence-corrected chi connectivity index (χ0v) is 14.8. The Balaban J connectivity index is 1.61. The fraction of sp³-hybridized carbons (Fsp3) is 0.167. The van der Waals surface area contributed by atoms with Crippen molar-refractivity contribution >= 4 is 55.0 Å². The molecule has 0 bridgehead atoms. The summed E-state index contributed by atoms with van der Waals surface area (Å²) in [5.74, 6) is 2.22. The van der Waals surface area contributed by atoms with Crippen LogP contribution in [0.3, 0.4) is 0 Å². The highest BCUT2D eigenvalue weighted by atomic mass is 32.2. The Hall–Kier alpha value is -2.38. The smallest absolute Gasteiger partial charge is 0.231 e. The number of aromatic nitrogens is 2. The molecule has 4 aromatic rings. The molecule has 0 spiro atoms. The minimum atomic E-state index is 0.191. The maximum Gasteiger partial charge on any atom is 0.231 e. The molecule has 0 atom stereocenters. The van der Waals surface area contributed by atoms with Crippen molar-refractivity contribution < 1.29 is 5.11 Å². The van der Waals surface area contributed by atoms with E-state index < -0.39 is 0 Å². The Bertz CT molecular complexity index is 1080. The molecule has 2 aromatic carbocycles. The number of nitrogens with zero attached hydrogens (tertiary/aromatic N) is 4. The number of aromatic hydroxyl groups is 1. The van der Waals surface area contributed by atoms with E-state index in [0.29, 0.717) is 16.9 Å². The first-order valence-electron chi connectivity index (χ1n) is 7.98. The van der Waals surface area contributed by atoms with E-state index >= 15 is 0 Å². The van der Waals surface area contributed by atoms with Gasteiger partial charge in [0.2, 0.25) is 11.0 Å². The molecule has 0 amide bonds. The third kappa shape index (κ3) is 2.42. The second-order valence-electron chi connectivity index (χ2n) is 5.91. The Kier molecular flexibility index (Phi) is 3.50. The molecule has 0 aliphatic carbocycles. The Morgan fingerprint density at radius 3 is 2.64 bits per heavy atom. The van der Waals surface area contributed by atoms with Crippen LogP contribution in [0.2, 0.25) is 0 Å². The summed E-state index contributed by atoms with van der Waals surface area (Å²) < 4.78 is 3.06. The lowest BCUT2D eigenvalue weighted by Gasteiger charge is -2.27. The van der Waals surface area contributed by atoms with Crippen molar-refractivity contribution in [3.8, 4) is 5.88 Å². The van der Waals surface area contributed by atoms with Crippen molar-refractivity contribution in [2.24, 2.45) is 10.2 Å². The van der Waals surface area contributed by atoms with Crippen LogP contribution in [0.1, 0.15) is 6.04 Å². The van der Waals surface area contributed by atoms with E-state index in [9.17, 15) is 5.11 Å². The third-order valence-electron chi connectivity index (χ3n) is 4.36. The minimum Gasteiger partial charge on any atom is -0.493 e. The number of azo groups is 1. The average molecular weight is 366 g/mol. The molecule has 0 saturated carbocycles. The molecular formula is C18H14N4OS2. The highest BCUT2D eigenvalue weighted by Gasteiger charge is 2.27. The van der Waals surface area contributed by atoms with Gasteiger partial charge in [-0.1, -0.05) is 41.7 Å². The molecule has 1 fully saturated rings. The number of thioether (sulfide) groups is 1. The molecule has 25 heavy (non-hydrogen) atoms. The third-order valence-corrected chi connectivity index (χ3v) is 6.52. The van der Waals surface area contributed by atoms with Gasteiger partial charge in [0.15, 0.2) is 5.69 Å². The Labute approximate surface area is 152 Å². The van der Waals surface area contributed by atoms with E-state index in [-0.39, 0.29) is 5.88 Å². The van der Waals surface area contributed by atoms with Gasteiger partial charge in [-0.15, -0.1) is 10.2 Å². The van der Waals surface area contributed by atoms with Gasteiger partial charge in [0.25, 0.3) is 0 Å². The van der Waals surface area contributed by atoms with Crippen molar-refractivity contribution in [1.29, 1.82) is 0 Å². The topological polar surface area (TPSA) is 62.8 Å². The van der Waals surface area contributed by atoms with Crippen molar-refractivity contribution in [3.63, 3.8) is 0 Å². The molecule has 124 valence electrons. The predicted octanol–water partition coefficient (Wildman–Crippen LogP) is 5.66. The molecule has 2 aromatic heterocycles. The van der Waals surface area contributed by atoms with Gasteiger partial charge in [0, 0.05) is 16.9 Å². The summed E-state index contributed by atoms with van der Waals surface area (Å²) >= 11 is 3.38. The molecule has 3 heterocycles. The highest BCUT2D eigenvalue weighted by molar-refractivity contribution is 8.00. The first-order chi connectivity index (χ1) is 12.3. The summed E-state index contributed by atoms with van der Waals surface area (Å²) in [7, 11) is 0. The van der Waals surface area contributed by atoms with Crippen LogP contribution in [0.4, 0.5) is 10.8 Å². The van der Waals surface area contributed by atoms with Crippen LogP contribution >= 0.6 is 23.1 Å². The fourth-order valence-corrected chi connectivity index (χ4v) is 4.60. The van der Waals surface area contributed by atoms with Crippen molar-refractivity contribution in [2.45, 2.75) is 6.04 Å². The van der Waals surface area contributed by atoms with Crippen LogP contribution in [0.25, 0.3) is 21.1 Å². The van der Waals surface area contributed by atoms with Crippen LogP contribution < -0.4 is 0 Å². The molecule has 0 radical (unpaired) electrons. The molecule has 5 rings (SSSR count). The second kappa shape index (κ2) is 5.86. The summed E-state index contributed by atoms with van der Waals surface area (Å²) in [5.41, 5.74) is 2.44. The zero-order chi connectivity index (χ0) is 16.8. The standard InChI is InChI=1S/C18H14N4OS2/c23-17-16(20-21-18-19-13-6-2-4-8-15(13)25-18)12-5-1-3-7-14(12)22(17)11-9-24-10-11/h1-8,11,23H,9-10H2. The van der Waals surface area contributed by atoms with Gasteiger partial charge in [-0.05, 0) is 18.2 Å². The average Bonchev–Trinajstić information content (AvgIpc) is 3.12. The summed E-state index contributed by atoms with van der Waals surface area (Å²) in [6.07, 6.45) is 0. The number of rotatable bonds is 3. The van der Waals surface area contributed by atoms with Crippen LogP contribution in [-0.4, -0.2) is 26.2 Å². The Morgan fingerprint density at radius 2 is 1.84 bits per heavy atom. The molecule has 1 aliphatic rings. The number of para-hydroxylation sites is 2. The van der Waals surface area contributed by atoms with Crippen LogP contribution in [0, 0.1) is 0 Å². The number of fused-ring (bicyclic) bond motifs is 2. The molecule has 1 N–H and O–H groups in total. The number of benzene rings is 2. The first-order valence-corrected chi connectivity index (χ1v) is 9.95. The molecule has 1 saturated heterocycles. The first kappa shape index (κ1) is 14.9. The number of hydrogen-bond donors (Lipinski definition) is 1. The molecule has 0 unspecified atom stereocenters. The van der Waals surface area contributed by atoms with Crippen molar-refractivity contribution in [1.82, 2.24) is 9.55 Å². The molecule has 1 aliphatic heterocycles. The fourth-order valence-electron chi connectivity index (χ4n) is 3.07. The van der Waals surface area contributed by atoms with E-state index in [1.165, 1.54) is 11.3 Å². The second-order valence-corrected chi connectivity index (χ2v) is 8.00. The van der Waals surface area contributed by atoms with E-state index in [1.807, 2.05) is 64.9 Å². The maximum absolute atomic E-state index is 10.7. The summed E-state index contributed by atoms with van der Waals surface area (Å²) in [5, 5.41) is 20.9. The zero-order valence-electron chi connectivity index (χ0n) is 13.2. The van der Waals surface area contributed by atoms with Crippen LogP contribution in [0.15, 0.2) is 58.8 Å². The van der Waals surface area contributed by atoms with Crippen molar-refractivity contribution in [2.75, 3.05) is 11.5 Å². The van der Waals surface area contributed by atoms with Gasteiger partial charge in [-0.25, -0.2) is 4.98 Å². The predicted molar refractivity (Wildman–Crippen MR) is 104 cm³/mol. The lowest BCUT2D eigenvalue weighted by atomic mass is 10.2. The van der Waals surface area contributed by atoms with E-state index in [0.717, 1.165) is 32.6 Å². The van der Waals surface area contributed by atoms with Crippen molar-refractivity contribution in [3.05, 3.63) is 48.5 Å². The quantitative estimate of drug-likeness (QED) is 0.476. The van der Waals surface area contributed by atoms with E-state index in [1.54, 1.807) is 0 Å². The van der Waals surface area contributed by atoms with Gasteiger partial charge >= 0.3 is 0 Å². The minimum absolute atomic E-state index is 0.191.